The van der Waals surface area contributed by atoms with Crippen molar-refractivity contribution >= 4 is 17.2 Å². The van der Waals surface area contributed by atoms with E-state index in [1.54, 1.807) is 6.20 Å². The lowest BCUT2D eigenvalue weighted by Gasteiger charge is -2.10. The SMILES string of the molecule is O=C(Cc1csc(-c2ccccn2)n1)NCC1(CF)CC1. The molecule has 1 aliphatic rings. The maximum Gasteiger partial charge on any atom is 0.226 e. The molecular formula is C15H16FN3OS. The molecule has 0 unspecified atom stereocenters. The summed E-state index contributed by atoms with van der Waals surface area (Å²) in [6.07, 6.45) is 3.68. The Morgan fingerprint density at radius 1 is 1.43 bits per heavy atom. The van der Waals surface area contributed by atoms with Crippen LogP contribution >= 0.6 is 11.3 Å². The Hall–Kier alpha value is -1.82. The molecule has 1 saturated carbocycles. The highest BCUT2D eigenvalue weighted by atomic mass is 32.1. The van der Waals surface area contributed by atoms with Gasteiger partial charge in [-0.15, -0.1) is 11.3 Å². The topological polar surface area (TPSA) is 54.9 Å². The Kier molecular flexibility index (Phi) is 3.96. The lowest BCUT2D eigenvalue weighted by Crippen LogP contribution is -2.32. The van der Waals surface area contributed by atoms with Crippen molar-refractivity contribution in [1.29, 1.82) is 0 Å². The van der Waals surface area contributed by atoms with Gasteiger partial charge in [-0.25, -0.2) is 4.98 Å². The van der Waals surface area contributed by atoms with Crippen molar-refractivity contribution in [2.45, 2.75) is 19.3 Å². The summed E-state index contributed by atoms with van der Waals surface area (Å²) in [7, 11) is 0. The smallest absolute Gasteiger partial charge is 0.226 e. The van der Waals surface area contributed by atoms with Gasteiger partial charge in [0, 0.05) is 23.5 Å². The number of aromatic nitrogens is 2. The molecule has 0 aliphatic heterocycles. The van der Waals surface area contributed by atoms with Crippen molar-refractivity contribution in [3.05, 3.63) is 35.5 Å². The van der Waals surface area contributed by atoms with Gasteiger partial charge in [-0.2, -0.15) is 0 Å². The molecule has 0 atom stereocenters. The van der Waals surface area contributed by atoms with Crippen LogP contribution in [0.15, 0.2) is 29.8 Å². The van der Waals surface area contributed by atoms with E-state index in [-0.39, 0.29) is 24.4 Å². The first-order valence-electron chi connectivity index (χ1n) is 6.89. The van der Waals surface area contributed by atoms with Gasteiger partial charge >= 0.3 is 0 Å². The minimum atomic E-state index is -0.353. The van der Waals surface area contributed by atoms with Crippen LogP contribution in [-0.2, 0) is 11.2 Å². The number of pyridine rings is 1. The Labute approximate surface area is 126 Å². The quantitative estimate of drug-likeness (QED) is 0.892. The molecule has 1 amide bonds. The lowest BCUT2D eigenvalue weighted by molar-refractivity contribution is -0.120. The number of nitrogens with one attached hydrogen (secondary N) is 1. The maximum atomic E-state index is 12.7. The summed E-state index contributed by atoms with van der Waals surface area (Å²) in [5.41, 5.74) is 1.25. The number of carbonyl (C=O) groups excluding carboxylic acids is 1. The van der Waals surface area contributed by atoms with Crippen LogP contribution < -0.4 is 5.32 Å². The van der Waals surface area contributed by atoms with Gasteiger partial charge in [0.25, 0.3) is 0 Å². The van der Waals surface area contributed by atoms with E-state index in [2.05, 4.69) is 15.3 Å². The Morgan fingerprint density at radius 3 is 2.95 bits per heavy atom. The first kappa shape index (κ1) is 14.1. The molecule has 110 valence electrons. The molecule has 1 N–H and O–H groups in total. The monoisotopic (exact) mass is 305 g/mol. The highest BCUT2D eigenvalue weighted by Gasteiger charge is 2.42. The van der Waals surface area contributed by atoms with Gasteiger partial charge in [-0.1, -0.05) is 6.07 Å². The molecule has 0 saturated heterocycles. The van der Waals surface area contributed by atoms with Crippen molar-refractivity contribution in [3.63, 3.8) is 0 Å². The minimum Gasteiger partial charge on any atom is -0.355 e. The fourth-order valence-corrected chi connectivity index (χ4v) is 2.84. The number of thiazole rings is 1. The standard InChI is InChI=1S/C15H16FN3OS/c16-9-15(4-5-15)10-18-13(20)7-11-8-21-14(19-11)12-3-1-2-6-17-12/h1-3,6,8H,4-5,7,9-10H2,(H,18,20). The second-order valence-electron chi connectivity index (χ2n) is 5.45. The summed E-state index contributed by atoms with van der Waals surface area (Å²) in [5, 5.41) is 5.48. The lowest BCUT2D eigenvalue weighted by atomic mass is 10.1. The molecule has 3 rings (SSSR count). The number of hydrogen-bond donors (Lipinski definition) is 1. The van der Waals surface area contributed by atoms with Crippen LogP contribution in [0.4, 0.5) is 4.39 Å². The van der Waals surface area contributed by atoms with Crippen LogP contribution in [0.5, 0.6) is 0 Å². The normalized spacial score (nSPS) is 15.7. The van der Waals surface area contributed by atoms with Gasteiger partial charge in [-0.3, -0.25) is 14.2 Å². The average molecular weight is 305 g/mol. The highest BCUT2D eigenvalue weighted by Crippen LogP contribution is 2.45. The highest BCUT2D eigenvalue weighted by molar-refractivity contribution is 7.13. The minimum absolute atomic E-state index is 0.104. The van der Waals surface area contributed by atoms with Crippen LogP contribution in [0.3, 0.4) is 0 Å². The number of nitrogens with zero attached hydrogens (tertiary/aromatic N) is 2. The van der Waals surface area contributed by atoms with Crippen molar-refractivity contribution in [2.24, 2.45) is 5.41 Å². The summed E-state index contributed by atoms with van der Waals surface area (Å²) in [5.74, 6) is -0.104. The zero-order valence-corrected chi connectivity index (χ0v) is 12.3. The van der Waals surface area contributed by atoms with Gasteiger partial charge in [0.05, 0.1) is 24.5 Å². The van der Waals surface area contributed by atoms with Gasteiger partial charge in [-0.05, 0) is 25.0 Å². The predicted molar refractivity (Wildman–Crippen MR) is 79.7 cm³/mol. The van der Waals surface area contributed by atoms with E-state index in [0.717, 1.165) is 29.2 Å². The molecular weight excluding hydrogens is 289 g/mol. The van der Waals surface area contributed by atoms with Crippen LogP contribution in [0.25, 0.3) is 10.7 Å². The summed E-state index contributed by atoms with van der Waals surface area (Å²) in [4.78, 5) is 20.5. The second-order valence-corrected chi connectivity index (χ2v) is 6.30. The summed E-state index contributed by atoms with van der Waals surface area (Å²) < 4.78 is 12.7. The van der Waals surface area contributed by atoms with E-state index in [0.29, 0.717) is 6.54 Å². The summed E-state index contributed by atoms with van der Waals surface area (Å²) in [6.45, 7) is 0.0768. The molecule has 1 aliphatic carbocycles. The molecule has 1 fully saturated rings. The molecule has 0 spiro atoms. The van der Waals surface area contributed by atoms with Crippen molar-refractivity contribution in [3.8, 4) is 10.7 Å². The van der Waals surface area contributed by atoms with Gasteiger partial charge in [0.2, 0.25) is 5.91 Å². The third-order valence-corrected chi connectivity index (χ3v) is 4.59. The summed E-state index contributed by atoms with van der Waals surface area (Å²) in [6, 6.07) is 5.65. The van der Waals surface area contributed by atoms with Gasteiger partial charge in [0.1, 0.15) is 5.01 Å². The van der Waals surface area contributed by atoms with E-state index in [1.165, 1.54) is 11.3 Å². The maximum absolute atomic E-state index is 12.7. The van der Waals surface area contributed by atoms with E-state index in [9.17, 15) is 9.18 Å². The first-order chi connectivity index (χ1) is 10.2. The molecule has 2 aromatic heterocycles. The summed E-state index contributed by atoms with van der Waals surface area (Å²) >= 11 is 1.47. The molecule has 0 aromatic carbocycles. The van der Waals surface area contributed by atoms with Crippen LogP contribution in [0.2, 0.25) is 0 Å². The molecule has 2 aromatic rings. The third kappa shape index (κ3) is 3.44. The number of rotatable bonds is 6. The van der Waals surface area contributed by atoms with Crippen molar-refractivity contribution < 1.29 is 9.18 Å². The second kappa shape index (κ2) is 5.89. The van der Waals surface area contributed by atoms with E-state index in [4.69, 9.17) is 0 Å². The zero-order chi connectivity index (χ0) is 14.7. The number of amides is 1. The Bertz CT molecular complexity index is 625. The number of alkyl halides is 1. The Morgan fingerprint density at radius 2 is 2.29 bits per heavy atom. The van der Waals surface area contributed by atoms with Crippen molar-refractivity contribution in [2.75, 3.05) is 13.2 Å². The van der Waals surface area contributed by atoms with Gasteiger partial charge < -0.3 is 5.32 Å². The van der Waals surface area contributed by atoms with E-state index < -0.39 is 0 Å². The molecule has 4 nitrogen and oxygen atoms in total. The zero-order valence-electron chi connectivity index (χ0n) is 11.5. The Balaban J connectivity index is 1.56. The number of carbonyl (C=O) groups is 1. The van der Waals surface area contributed by atoms with Crippen LogP contribution in [-0.4, -0.2) is 29.1 Å². The first-order valence-corrected chi connectivity index (χ1v) is 7.77. The molecule has 0 bridgehead atoms. The van der Waals surface area contributed by atoms with Crippen LogP contribution in [0.1, 0.15) is 18.5 Å². The predicted octanol–water partition coefficient (Wildman–Crippen LogP) is 2.61. The van der Waals surface area contributed by atoms with Crippen LogP contribution in [0, 0.1) is 5.41 Å². The average Bonchev–Trinajstić information content (AvgIpc) is 3.17. The number of halogens is 1. The fraction of sp³-hybridized carbons (Fsp3) is 0.400. The molecule has 6 heteroatoms. The van der Waals surface area contributed by atoms with Gasteiger partial charge in [0.15, 0.2) is 0 Å². The third-order valence-electron chi connectivity index (χ3n) is 3.68. The molecule has 0 radical (unpaired) electrons. The molecule has 2 heterocycles. The number of hydrogen-bond acceptors (Lipinski definition) is 4. The molecule has 21 heavy (non-hydrogen) atoms. The van der Waals surface area contributed by atoms with E-state index >= 15 is 0 Å². The fourth-order valence-electron chi connectivity index (χ4n) is 2.04. The van der Waals surface area contributed by atoms with Crippen molar-refractivity contribution in [1.82, 2.24) is 15.3 Å². The largest absolute Gasteiger partial charge is 0.355 e. The van der Waals surface area contributed by atoms with E-state index in [1.807, 2.05) is 23.6 Å².